The fourth-order valence-electron chi connectivity index (χ4n) is 0.914. The molecule has 0 saturated carbocycles. The SMILES string of the molecule is O=CC(CCCC(O)CO)C(=O)O. The highest BCUT2D eigenvalue weighted by atomic mass is 16.4. The molecule has 0 aromatic heterocycles. The van der Waals surface area contributed by atoms with Gasteiger partial charge in [0.25, 0.3) is 0 Å². The van der Waals surface area contributed by atoms with Gasteiger partial charge in [-0.25, -0.2) is 0 Å². The third-order valence-electron chi connectivity index (χ3n) is 1.74. The molecule has 0 aromatic rings. The minimum absolute atomic E-state index is 0.204. The van der Waals surface area contributed by atoms with Crippen LogP contribution in [0.4, 0.5) is 0 Å². The van der Waals surface area contributed by atoms with E-state index in [0.717, 1.165) is 0 Å². The zero-order valence-corrected chi connectivity index (χ0v) is 7.22. The van der Waals surface area contributed by atoms with Gasteiger partial charge in [0.05, 0.1) is 12.7 Å². The van der Waals surface area contributed by atoms with E-state index in [0.29, 0.717) is 19.1 Å². The summed E-state index contributed by atoms with van der Waals surface area (Å²) in [6, 6.07) is 0. The van der Waals surface area contributed by atoms with Gasteiger partial charge in [-0.05, 0) is 19.3 Å². The van der Waals surface area contributed by atoms with Gasteiger partial charge >= 0.3 is 5.97 Å². The molecule has 5 nitrogen and oxygen atoms in total. The molecule has 0 saturated heterocycles. The number of hydrogen-bond donors (Lipinski definition) is 3. The molecule has 0 aliphatic carbocycles. The van der Waals surface area contributed by atoms with Gasteiger partial charge in [0.2, 0.25) is 0 Å². The first kappa shape index (κ1) is 12.1. The summed E-state index contributed by atoms with van der Waals surface area (Å²) in [7, 11) is 0. The second-order valence-corrected chi connectivity index (χ2v) is 2.85. The summed E-state index contributed by atoms with van der Waals surface area (Å²) < 4.78 is 0. The monoisotopic (exact) mass is 190 g/mol. The summed E-state index contributed by atoms with van der Waals surface area (Å²) in [4.78, 5) is 20.5. The summed E-state index contributed by atoms with van der Waals surface area (Å²) in [6.07, 6.45) is 0.496. The largest absolute Gasteiger partial charge is 0.481 e. The van der Waals surface area contributed by atoms with E-state index in [1.807, 2.05) is 0 Å². The summed E-state index contributed by atoms with van der Waals surface area (Å²) in [5.74, 6) is -2.14. The lowest BCUT2D eigenvalue weighted by Gasteiger charge is -2.07. The highest BCUT2D eigenvalue weighted by Crippen LogP contribution is 2.08. The molecule has 0 heterocycles. The quantitative estimate of drug-likeness (QED) is 0.368. The summed E-state index contributed by atoms with van der Waals surface area (Å²) in [6.45, 7) is -0.334. The zero-order valence-electron chi connectivity index (χ0n) is 7.22. The van der Waals surface area contributed by atoms with Crippen LogP contribution >= 0.6 is 0 Å². The van der Waals surface area contributed by atoms with Crippen molar-refractivity contribution in [2.45, 2.75) is 25.4 Å². The van der Waals surface area contributed by atoms with Gasteiger partial charge in [0.15, 0.2) is 0 Å². The van der Waals surface area contributed by atoms with Gasteiger partial charge < -0.3 is 20.1 Å². The first-order valence-electron chi connectivity index (χ1n) is 4.08. The predicted molar refractivity (Wildman–Crippen MR) is 44.1 cm³/mol. The van der Waals surface area contributed by atoms with Gasteiger partial charge in [-0.1, -0.05) is 0 Å². The van der Waals surface area contributed by atoms with Crippen LogP contribution in [0.5, 0.6) is 0 Å². The standard InChI is InChI=1S/C8H14O5/c9-4-6(8(12)13)2-1-3-7(11)5-10/h4,6-7,10-11H,1-3,5H2,(H,12,13). The molecule has 0 aliphatic rings. The van der Waals surface area contributed by atoms with Gasteiger partial charge in [-0.2, -0.15) is 0 Å². The molecule has 0 rings (SSSR count). The molecule has 76 valence electrons. The van der Waals surface area contributed by atoms with Crippen molar-refractivity contribution in [2.75, 3.05) is 6.61 Å². The zero-order chi connectivity index (χ0) is 10.3. The maximum atomic E-state index is 10.3. The highest BCUT2D eigenvalue weighted by Gasteiger charge is 2.15. The number of carbonyl (C=O) groups excluding carboxylic acids is 1. The Hall–Kier alpha value is -0.940. The first-order valence-corrected chi connectivity index (χ1v) is 4.08. The van der Waals surface area contributed by atoms with Crippen LogP contribution < -0.4 is 0 Å². The summed E-state index contributed by atoms with van der Waals surface area (Å²) >= 11 is 0. The third kappa shape index (κ3) is 5.32. The number of aliphatic carboxylic acids is 1. The van der Waals surface area contributed by atoms with E-state index in [4.69, 9.17) is 15.3 Å². The van der Waals surface area contributed by atoms with Gasteiger partial charge in [-0.15, -0.1) is 0 Å². The topological polar surface area (TPSA) is 94.8 Å². The number of aliphatic hydroxyl groups excluding tert-OH is 2. The van der Waals surface area contributed by atoms with Crippen LogP contribution in [0.1, 0.15) is 19.3 Å². The van der Waals surface area contributed by atoms with Crippen molar-refractivity contribution in [3.63, 3.8) is 0 Å². The van der Waals surface area contributed by atoms with Crippen molar-refractivity contribution in [3.05, 3.63) is 0 Å². The molecule has 5 heteroatoms. The molecular formula is C8H14O5. The maximum absolute atomic E-state index is 10.3. The molecule has 0 aromatic carbocycles. The number of aldehydes is 1. The molecule has 0 spiro atoms. The lowest BCUT2D eigenvalue weighted by Crippen LogP contribution is -2.17. The lowest BCUT2D eigenvalue weighted by molar-refractivity contribution is -0.143. The second kappa shape index (κ2) is 6.56. The number of hydrogen-bond acceptors (Lipinski definition) is 4. The lowest BCUT2D eigenvalue weighted by atomic mass is 10.0. The molecule has 0 bridgehead atoms. The van der Waals surface area contributed by atoms with Crippen molar-refractivity contribution in [2.24, 2.45) is 5.92 Å². The number of rotatable bonds is 7. The van der Waals surface area contributed by atoms with Crippen molar-refractivity contribution >= 4 is 12.3 Å². The van der Waals surface area contributed by atoms with Crippen LogP contribution in [0, 0.1) is 5.92 Å². The fraction of sp³-hybridized carbons (Fsp3) is 0.750. The van der Waals surface area contributed by atoms with Crippen LogP contribution in [0.25, 0.3) is 0 Å². The van der Waals surface area contributed by atoms with Crippen molar-refractivity contribution in [1.29, 1.82) is 0 Å². The average molecular weight is 190 g/mol. The second-order valence-electron chi connectivity index (χ2n) is 2.85. The van der Waals surface area contributed by atoms with Crippen LogP contribution in [-0.4, -0.2) is 40.3 Å². The van der Waals surface area contributed by atoms with Gasteiger partial charge in [0.1, 0.15) is 12.2 Å². The van der Waals surface area contributed by atoms with E-state index in [1.54, 1.807) is 0 Å². The Morgan fingerprint density at radius 3 is 2.38 bits per heavy atom. The van der Waals surface area contributed by atoms with Gasteiger partial charge in [0, 0.05) is 0 Å². The minimum Gasteiger partial charge on any atom is -0.481 e. The third-order valence-corrected chi connectivity index (χ3v) is 1.74. The molecule has 13 heavy (non-hydrogen) atoms. The molecule has 2 unspecified atom stereocenters. The average Bonchev–Trinajstić information content (AvgIpc) is 2.11. The van der Waals surface area contributed by atoms with E-state index in [-0.39, 0.29) is 13.0 Å². The number of carboxylic acid groups (broad SMARTS) is 1. The predicted octanol–water partition coefficient (Wildman–Crippen LogP) is -0.590. The van der Waals surface area contributed by atoms with E-state index < -0.39 is 18.0 Å². The molecule has 0 amide bonds. The molecular weight excluding hydrogens is 176 g/mol. The van der Waals surface area contributed by atoms with Gasteiger partial charge in [-0.3, -0.25) is 4.79 Å². The number of carboxylic acids is 1. The van der Waals surface area contributed by atoms with Crippen LogP contribution in [0.3, 0.4) is 0 Å². The molecule has 0 aliphatic heterocycles. The van der Waals surface area contributed by atoms with E-state index in [9.17, 15) is 9.59 Å². The Kier molecular flexibility index (Phi) is 6.09. The smallest absolute Gasteiger partial charge is 0.313 e. The fourth-order valence-corrected chi connectivity index (χ4v) is 0.914. The minimum atomic E-state index is -1.14. The highest BCUT2D eigenvalue weighted by molar-refractivity contribution is 5.86. The molecule has 0 fully saturated rings. The van der Waals surface area contributed by atoms with Crippen LogP contribution in [0.2, 0.25) is 0 Å². The van der Waals surface area contributed by atoms with Crippen LogP contribution in [0.15, 0.2) is 0 Å². The number of aliphatic hydroxyl groups is 2. The Balaban J connectivity index is 3.61. The van der Waals surface area contributed by atoms with E-state index in [2.05, 4.69) is 0 Å². The Labute approximate surface area is 76.0 Å². The molecule has 0 radical (unpaired) electrons. The summed E-state index contributed by atoms with van der Waals surface area (Å²) in [5.41, 5.74) is 0. The maximum Gasteiger partial charge on any atom is 0.313 e. The normalized spacial score (nSPS) is 14.9. The first-order chi connectivity index (χ1) is 6.11. The van der Waals surface area contributed by atoms with E-state index >= 15 is 0 Å². The Bertz CT molecular complexity index is 168. The molecule has 2 atom stereocenters. The Morgan fingerprint density at radius 2 is 2.00 bits per heavy atom. The van der Waals surface area contributed by atoms with Crippen LogP contribution in [-0.2, 0) is 9.59 Å². The Morgan fingerprint density at radius 1 is 1.38 bits per heavy atom. The van der Waals surface area contributed by atoms with Crippen molar-refractivity contribution in [1.82, 2.24) is 0 Å². The summed E-state index contributed by atoms with van der Waals surface area (Å²) in [5, 5.41) is 25.8. The number of carbonyl (C=O) groups is 2. The van der Waals surface area contributed by atoms with Crippen molar-refractivity contribution in [3.8, 4) is 0 Å². The van der Waals surface area contributed by atoms with E-state index in [1.165, 1.54) is 0 Å². The molecule has 3 N–H and O–H groups in total. The van der Waals surface area contributed by atoms with Crippen molar-refractivity contribution < 1.29 is 24.9 Å².